The molecule has 0 aliphatic carbocycles. The number of allylic oxidation sites excluding steroid dienone is 2. The highest BCUT2D eigenvalue weighted by atomic mass is 16.5. The zero-order chi connectivity index (χ0) is 54.3. The van der Waals surface area contributed by atoms with E-state index in [4.69, 9.17) is 4.74 Å². The van der Waals surface area contributed by atoms with Gasteiger partial charge in [-0.25, -0.2) is 0 Å². The predicted molar refractivity (Wildman–Crippen MR) is 329 cm³/mol. The number of hydrogen-bond donors (Lipinski definition) is 3. The molecule has 6 nitrogen and oxygen atoms in total. The molecule has 0 saturated heterocycles. The third kappa shape index (κ3) is 61.7. The highest BCUT2D eigenvalue weighted by molar-refractivity contribution is 5.76. The lowest BCUT2D eigenvalue weighted by Crippen LogP contribution is -2.45. The molecule has 0 aromatic rings. The van der Waals surface area contributed by atoms with Crippen LogP contribution in [0.4, 0.5) is 0 Å². The molecule has 2 unspecified atom stereocenters. The predicted octanol–water partition coefficient (Wildman–Crippen LogP) is 22.0. The molecule has 0 spiro atoms. The zero-order valence-electron chi connectivity index (χ0n) is 51.1. The highest BCUT2D eigenvalue weighted by Gasteiger charge is 2.20. The van der Waals surface area contributed by atoms with Crippen molar-refractivity contribution in [3.63, 3.8) is 0 Å². The molecule has 0 aliphatic heterocycles. The highest BCUT2D eigenvalue weighted by Crippen LogP contribution is 2.19. The first-order chi connectivity index (χ1) is 37.0. The van der Waals surface area contributed by atoms with Crippen molar-refractivity contribution in [1.29, 1.82) is 0 Å². The zero-order valence-corrected chi connectivity index (χ0v) is 51.1. The first kappa shape index (κ1) is 73.6. The van der Waals surface area contributed by atoms with Crippen LogP contribution in [0.5, 0.6) is 0 Å². The molecule has 0 radical (unpaired) electrons. The van der Waals surface area contributed by atoms with E-state index in [0.717, 1.165) is 38.5 Å². The minimum absolute atomic E-state index is 0.0186. The van der Waals surface area contributed by atoms with Gasteiger partial charge in [-0.05, 0) is 51.4 Å². The van der Waals surface area contributed by atoms with Crippen LogP contribution in [0.2, 0.25) is 0 Å². The minimum atomic E-state index is -0.658. The summed E-state index contributed by atoms with van der Waals surface area (Å²) in [5.41, 5.74) is 0. The molecule has 0 aliphatic rings. The maximum Gasteiger partial charge on any atom is 0.305 e. The summed E-state index contributed by atoms with van der Waals surface area (Å²) in [5, 5.41) is 23.1. The van der Waals surface area contributed by atoms with E-state index in [1.54, 1.807) is 0 Å². The Hall–Kier alpha value is -1.40. The first-order valence-electron chi connectivity index (χ1n) is 34.4. The van der Waals surface area contributed by atoms with Gasteiger partial charge in [-0.15, -0.1) is 0 Å². The molecule has 0 aromatic carbocycles. The van der Waals surface area contributed by atoms with Crippen molar-refractivity contribution >= 4 is 11.9 Å². The SMILES string of the molecule is CCCCCCCC/C=C\CCCCCCCCCC(=O)OCCCCCCCCCCCCCCCCCCCCCCCCCCCCCCCCCCC(=O)NC(CO)C(O)CCCCCCCCCCC. The second kappa shape index (κ2) is 65.1. The van der Waals surface area contributed by atoms with Crippen LogP contribution >= 0.6 is 0 Å². The lowest BCUT2D eigenvalue weighted by molar-refractivity contribution is -0.143. The number of aliphatic hydroxyl groups is 2. The third-order valence-corrected chi connectivity index (χ3v) is 16.3. The molecule has 0 aromatic heterocycles. The molecule has 3 N–H and O–H groups in total. The number of esters is 1. The number of unbranched alkanes of at least 4 members (excludes halogenated alkanes) is 52. The molecular weight excluding hydrogens is 923 g/mol. The number of amides is 1. The quantitative estimate of drug-likeness (QED) is 0.0320. The van der Waals surface area contributed by atoms with Gasteiger partial charge in [0.25, 0.3) is 0 Å². The Labute approximate surface area is 469 Å². The molecule has 0 saturated carbocycles. The molecule has 0 rings (SSSR count). The Balaban J connectivity index is 3.27. The normalized spacial score (nSPS) is 12.5. The van der Waals surface area contributed by atoms with E-state index < -0.39 is 12.1 Å². The van der Waals surface area contributed by atoms with Crippen LogP contribution < -0.4 is 5.32 Å². The molecule has 1 amide bonds. The Morgan fingerprint density at radius 3 is 0.947 bits per heavy atom. The molecule has 2 atom stereocenters. The summed E-state index contributed by atoms with van der Waals surface area (Å²) in [4.78, 5) is 24.5. The summed E-state index contributed by atoms with van der Waals surface area (Å²) in [7, 11) is 0. The van der Waals surface area contributed by atoms with Crippen LogP contribution in [-0.4, -0.2) is 47.4 Å². The maximum absolute atomic E-state index is 12.4. The smallest absolute Gasteiger partial charge is 0.305 e. The van der Waals surface area contributed by atoms with E-state index in [2.05, 4.69) is 31.3 Å². The van der Waals surface area contributed by atoms with Gasteiger partial charge in [-0.1, -0.05) is 341 Å². The topological polar surface area (TPSA) is 95.9 Å². The van der Waals surface area contributed by atoms with Crippen LogP contribution in [0.15, 0.2) is 12.2 Å². The molecule has 0 bridgehead atoms. The van der Waals surface area contributed by atoms with Crippen molar-refractivity contribution in [3.8, 4) is 0 Å². The van der Waals surface area contributed by atoms with Crippen molar-refractivity contribution < 1.29 is 24.5 Å². The molecule has 0 fully saturated rings. The minimum Gasteiger partial charge on any atom is -0.466 e. The molecule has 0 heterocycles. The van der Waals surface area contributed by atoms with Gasteiger partial charge in [0, 0.05) is 12.8 Å². The molecule has 6 heteroatoms. The van der Waals surface area contributed by atoms with Crippen LogP contribution in [-0.2, 0) is 14.3 Å². The Morgan fingerprint density at radius 2 is 0.627 bits per heavy atom. The lowest BCUT2D eigenvalue weighted by Gasteiger charge is -2.22. The Kier molecular flexibility index (Phi) is 63.9. The molecule has 446 valence electrons. The maximum atomic E-state index is 12.4. The molecular formula is C69H135NO5. The van der Waals surface area contributed by atoms with E-state index in [1.165, 1.54) is 321 Å². The summed E-state index contributed by atoms with van der Waals surface area (Å²) in [6.07, 6.45) is 79.9. The summed E-state index contributed by atoms with van der Waals surface area (Å²) in [6.45, 7) is 4.96. The number of carbonyl (C=O) groups excluding carboxylic acids is 2. The van der Waals surface area contributed by atoms with Gasteiger partial charge < -0.3 is 20.3 Å². The lowest BCUT2D eigenvalue weighted by atomic mass is 10.0. The van der Waals surface area contributed by atoms with Crippen molar-refractivity contribution in [3.05, 3.63) is 12.2 Å². The fourth-order valence-corrected chi connectivity index (χ4v) is 11.1. The number of ether oxygens (including phenoxy) is 1. The number of nitrogens with one attached hydrogen (secondary N) is 1. The summed E-state index contributed by atoms with van der Waals surface area (Å²) in [6, 6.07) is -0.535. The van der Waals surface area contributed by atoms with Crippen molar-refractivity contribution in [2.75, 3.05) is 13.2 Å². The fraction of sp³-hybridized carbons (Fsp3) is 0.942. The number of carbonyl (C=O) groups is 2. The van der Waals surface area contributed by atoms with Gasteiger partial charge in [-0.3, -0.25) is 9.59 Å². The number of hydrogen-bond acceptors (Lipinski definition) is 5. The van der Waals surface area contributed by atoms with E-state index >= 15 is 0 Å². The molecule has 75 heavy (non-hydrogen) atoms. The van der Waals surface area contributed by atoms with Gasteiger partial charge in [-0.2, -0.15) is 0 Å². The van der Waals surface area contributed by atoms with Crippen LogP contribution in [0, 0.1) is 0 Å². The first-order valence-corrected chi connectivity index (χ1v) is 34.4. The van der Waals surface area contributed by atoms with E-state index in [1.807, 2.05) is 0 Å². The standard InChI is InChI=1S/C69H135NO5/c1-3-5-7-9-11-13-14-15-16-33-37-40-43-47-51-55-59-63-69(74)75-64-60-56-52-48-44-41-38-35-32-30-28-26-24-22-20-18-17-19-21-23-25-27-29-31-34-36-39-42-46-50-54-58-62-68(73)70-66(65-71)67(72)61-57-53-49-45-12-10-8-6-4-2/h15-16,66-67,71-72H,3-14,17-65H2,1-2H3,(H,70,73)/b16-15-. The van der Waals surface area contributed by atoms with Gasteiger partial charge in [0.05, 0.1) is 25.4 Å². The third-order valence-electron chi connectivity index (χ3n) is 16.3. The Bertz CT molecular complexity index is 1130. The summed E-state index contributed by atoms with van der Waals surface area (Å²) in [5.74, 6) is -0.0123. The number of rotatable bonds is 65. The van der Waals surface area contributed by atoms with Gasteiger partial charge in [0.2, 0.25) is 5.91 Å². The van der Waals surface area contributed by atoms with Gasteiger partial charge in [0.15, 0.2) is 0 Å². The van der Waals surface area contributed by atoms with Crippen molar-refractivity contribution in [2.24, 2.45) is 0 Å². The van der Waals surface area contributed by atoms with Gasteiger partial charge in [0.1, 0.15) is 0 Å². The van der Waals surface area contributed by atoms with Crippen molar-refractivity contribution in [2.45, 2.75) is 405 Å². The average molecular weight is 1060 g/mol. The second-order valence-electron chi connectivity index (χ2n) is 23.9. The monoisotopic (exact) mass is 1060 g/mol. The van der Waals surface area contributed by atoms with E-state index in [-0.39, 0.29) is 18.5 Å². The van der Waals surface area contributed by atoms with Crippen LogP contribution in [0.3, 0.4) is 0 Å². The summed E-state index contributed by atoms with van der Waals surface area (Å²) >= 11 is 0. The average Bonchev–Trinajstić information content (AvgIpc) is 3.41. The van der Waals surface area contributed by atoms with E-state index in [9.17, 15) is 19.8 Å². The largest absolute Gasteiger partial charge is 0.466 e. The summed E-state index contributed by atoms with van der Waals surface area (Å²) < 4.78 is 5.50. The Morgan fingerprint density at radius 1 is 0.360 bits per heavy atom. The fourth-order valence-electron chi connectivity index (χ4n) is 11.1. The van der Waals surface area contributed by atoms with Crippen LogP contribution in [0.25, 0.3) is 0 Å². The number of aliphatic hydroxyl groups excluding tert-OH is 2. The second-order valence-corrected chi connectivity index (χ2v) is 23.9. The van der Waals surface area contributed by atoms with Crippen molar-refractivity contribution in [1.82, 2.24) is 5.32 Å². The van der Waals surface area contributed by atoms with Crippen LogP contribution in [0.1, 0.15) is 393 Å². The van der Waals surface area contributed by atoms with Gasteiger partial charge >= 0.3 is 5.97 Å². The van der Waals surface area contributed by atoms with E-state index in [0.29, 0.717) is 25.9 Å².